The molecule has 0 aliphatic carbocycles. The van der Waals surface area contributed by atoms with Gasteiger partial charge in [0.25, 0.3) is 5.91 Å². The van der Waals surface area contributed by atoms with E-state index in [-0.39, 0.29) is 5.91 Å². The molecule has 0 radical (unpaired) electrons. The van der Waals surface area contributed by atoms with Crippen LogP contribution >= 0.6 is 11.8 Å². The van der Waals surface area contributed by atoms with Crippen molar-refractivity contribution in [2.24, 2.45) is 5.73 Å². The van der Waals surface area contributed by atoms with E-state index in [1.54, 1.807) is 0 Å². The minimum atomic E-state index is 0.218. The third-order valence-electron chi connectivity index (χ3n) is 6.22. The number of hydrogen-bond acceptors (Lipinski definition) is 4. The molecule has 2 aromatic rings. The monoisotopic (exact) mass is 423 g/mol. The molecular formula is C25H33N3OS. The Kier molecular flexibility index (Phi) is 7.47. The van der Waals surface area contributed by atoms with Gasteiger partial charge in [0.2, 0.25) is 0 Å². The van der Waals surface area contributed by atoms with Gasteiger partial charge in [0.05, 0.1) is 0 Å². The third kappa shape index (κ3) is 5.08. The van der Waals surface area contributed by atoms with E-state index in [4.69, 9.17) is 5.73 Å². The summed E-state index contributed by atoms with van der Waals surface area (Å²) >= 11 is 1.90. The lowest BCUT2D eigenvalue weighted by Crippen LogP contribution is -2.46. The molecule has 0 saturated carbocycles. The maximum atomic E-state index is 12.9. The minimum absolute atomic E-state index is 0.218. The summed E-state index contributed by atoms with van der Waals surface area (Å²) < 4.78 is 0. The van der Waals surface area contributed by atoms with Crippen molar-refractivity contribution in [2.45, 2.75) is 56.0 Å². The zero-order valence-corrected chi connectivity index (χ0v) is 18.6. The normalized spacial score (nSPS) is 18.6. The average Bonchev–Trinajstić information content (AvgIpc) is 3.14. The number of nitrogens with one attached hydrogen (secondary N) is 1. The fourth-order valence-corrected chi connectivity index (χ4v) is 5.52. The lowest BCUT2D eigenvalue weighted by Gasteiger charge is -2.31. The number of carbonyl (C=O) groups is 1. The van der Waals surface area contributed by atoms with Gasteiger partial charge in [0.15, 0.2) is 0 Å². The molecule has 0 spiro atoms. The van der Waals surface area contributed by atoms with Gasteiger partial charge in [-0.15, -0.1) is 11.8 Å². The van der Waals surface area contributed by atoms with Gasteiger partial charge in [-0.25, -0.2) is 0 Å². The highest BCUT2D eigenvalue weighted by Crippen LogP contribution is 2.34. The molecule has 1 saturated heterocycles. The molecule has 1 atom stereocenters. The van der Waals surface area contributed by atoms with Crippen molar-refractivity contribution in [1.29, 1.82) is 0 Å². The topological polar surface area (TPSA) is 58.4 Å². The van der Waals surface area contributed by atoms with Crippen LogP contribution in [0.1, 0.15) is 52.7 Å². The van der Waals surface area contributed by atoms with Crippen molar-refractivity contribution < 1.29 is 4.79 Å². The highest BCUT2D eigenvalue weighted by Gasteiger charge is 2.34. The predicted molar refractivity (Wildman–Crippen MR) is 125 cm³/mol. The van der Waals surface area contributed by atoms with Crippen molar-refractivity contribution in [3.8, 4) is 0 Å². The van der Waals surface area contributed by atoms with E-state index in [0.29, 0.717) is 6.04 Å². The van der Waals surface area contributed by atoms with Crippen LogP contribution in [0.25, 0.3) is 0 Å². The maximum Gasteiger partial charge on any atom is 0.254 e. The first-order valence-corrected chi connectivity index (χ1v) is 12.3. The molecule has 0 aromatic heterocycles. The number of nitrogens with two attached hydrogens (primary N) is 1. The Labute approximate surface area is 184 Å². The van der Waals surface area contributed by atoms with E-state index in [1.807, 2.05) is 23.9 Å². The van der Waals surface area contributed by atoms with Crippen molar-refractivity contribution in [3.05, 3.63) is 64.7 Å². The summed E-state index contributed by atoms with van der Waals surface area (Å²) in [5.41, 5.74) is 10.5. The van der Waals surface area contributed by atoms with Crippen LogP contribution in [-0.2, 0) is 19.4 Å². The van der Waals surface area contributed by atoms with E-state index in [1.165, 1.54) is 21.6 Å². The highest BCUT2D eigenvalue weighted by molar-refractivity contribution is 7.99. The SMILES string of the molecule is NCCCc1ccc(CCCSc2cccc3c2CN(C2CCCNC2)C3=O)cc1. The first-order chi connectivity index (χ1) is 14.8. The molecule has 4 rings (SSSR count). The van der Waals surface area contributed by atoms with Gasteiger partial charge < -0.3 is 16.0 Å². The molecule has 1 unspecified atom stereocenters. The lowest BCUT2D eigenvalue weighted by molar-refractivity contribution is 0.0674. The lowest BCUT2D eigenvalue weighted by atomic mass is 10.0. The van der Waals surface area contributed by atoms with E-state index in [0.717, 1.165) is 76.0 Å². The van der Waals surface area contributed by atoms with Gasteiger partial charge in [-0.05, 0) is 86.2 Å². The zero-order valence-electron chi connectivity index (χ0n) is 17.7. The molecule has 0 bridgehead atoms. The number of nitrogens with zero attached hydrogens (tertiary/aromatic N) is 1. The van der Waals surface area contributed by atoms with Crippen LogP contribution in [0.2, 0.25) is 0 Å². The van der Waals surface area contributed by atoms with Crippen LogP contribution in [0.4, 0.5) is 0 Å². The Morgan fingerprint density at radius 3 is 2.53 bits per heavy atom. The second kappa shape index (κ2) is 10.5. The van der Waals surface area contributed by atoms with Crippen molar-refractivity contribution >= 4 is 17.7 Å². The van der Waals surface area contributed by atoms with Gasteiger partial charge in [-0.3, -0.25) is 4.79 Å². The standard InChI is InChI=1S/C25H33N3OS/c26-14-2-5-19-10-12-20(13-11-19)6-4-16-30-24-9-1-8-22-23(24)18-28(25(22)29)21-7-3-15-27-17-21/h1,8-13,21,27H,2-7,14-18,26H2. The number of aryl methyl sites for hydroxylation is 2. The van der Waals surface area contributed by atoms with Gasteiger partial charge in [-0.1, -0.05) is 30.3 Å². The van der Waals surface area contributed by atoms with Crippen molar-refractivity contribution in [3.63, 3.8) is 0 Å². The van der Waals surface area contributed by atoms with Gasteiger partial charge in [0.1, 0.15) is 0 Å². The van der Waals surface area contributed by atoms with Crippen molar-refractivity contribution in [2.75, 3.05) is 25.4 Å². The molecule has 1 amide bonds. The molecule has 4 nitrogen and oxygen atoms in total. The summed E-state index contributed by atoms with van der Waals surface area (Å²) in [7, 11) is 0. The molecule has 3 N–H and O–H groups in total. The number of hydrogen-bond donors (Lipinski definition) is 2. The quantitative estimate of drug-likeness (QED) is 0.473. The van der Waals surface area contributed by atoms with Crippen LogP contribution in [0, 0.1) is 0 Å². The fraction of sp³-hybridized carbons (Fsp3) is 0.480. The molecule has 2 heterocycles. The number of amides is 1. The number of thioether (sulfide) groups is 1. The Morgan fingerprint density at radius 2 is 1.83 bits per heavy atom. The Balaban J connectivity index is 1.30. The molecule has 2 aliphatic rings. The van der Waals surface area contributed by atoms with Crippen LogP contribution in [0.15, 0.2) is 47.4 Å². The summed E-state index contributed by atoms with van der Waals surface area (Å²) in [6.45, 7) is 3.52. The Hall–Kier alpha value is -1.82. The maximum absolute atomic E-state index is 12.9. The van der Waals surface area contributed by atoms with Crippen LogP contribution < -0.4 is 11.1 Å². The number of fused-ring (bicyclic) bond motifs is 1. The zero-order chi connectivity index (χ0) is 20.8. The fourth-order valence-electron chi connectivity index (χ4n) is 4.49. The van der Waals surface area contributed by atoms with E-state index in [9.17, 15) is 4.79 Å². The highest BCUT2D eigenvalue weighted by atomic mass is 32.2. The molecule has 2 aromatic carbocycles. The van der Waals surface area contributed by atoms with Crippen LogP contribution in [0.5, 0.6) is 0 Å². The number of piperidine rings is 1. The van der Waals surface area contributed by atoms with Gasteiger partial charge in [-0.2, -0.15) is 0 Å². The average molecular weight is 424 g/mol. The van der Waals surface area contributed by atoms with Gasteiger partial charge in [0, 0.05) is 29.6 Å². The number of carbonyl (C=O) groups excluding carboxylic acids is 1. The van der Waals surface area contributed by atoms with E-state index in [2.05, 4.69) is 40.5 Å². The smallest absolute Gasteiger partial charge is 0.254 e. The van der Waals surface area contributed by atoms with Crippen LogP contribution in [0.3, 0.4) is 0 Å². The summed E-state index contributed by atoms with van der Waals surface area (Å²) in [5, 5.41) is 3.44. The second-order valence-corrected chi connectivity index (χ2v) is 9.51. The first-order valence-electron chi connectivity index (χ1n) is 11.3. The third-order valence-corrected chi connectivity index (χ3v) is 7.41. The first kappa shape index (κ1) is 21.4. The molecule has 30 heavy (non-hydrogen) atoms. The predicted octanol–water partition coefficient (Wildman–Crippen LogP) is 4.01. The number of rotatable bonds is 9. The summed E-state index contributed by atoms with van der Waals surface area (Å²) in [5.74, 6) is 1.29. The van der Waals surface area contributed by atoms with Crippen LogP contribution in [-0.4, -0.2) is 42.2 Å². The van der Waals surface area contributed by atoms with Gasteiger partial charge >= 0.3 is 0 Å². The summed E-state index contributed by atoms with van der Waals surface area (Å²) in [6, 6.07) is 15.6. The molecule has 1 fully saturated rings. The Bertz CT molecular complexity index is 846. The van der Waals surface area contributed by atoms with E-state index < -0.39 is 0 Å². The molecule has 5 heteroatoms. The Morgan fingerprint density at radius 1 is 1.07 bits per heavy atom. The molecule has 2 aliphatic heterocycles. The summed E-state index contributed by atoms with van der Waals surface area (Å²) in [6.07, 6.45) is 6.62. The number of benzene rings is 2. The largest absolute Gasteiger partial charge is 0.330 e. The minimum Gasteiger partial charge on any atom is -0.330 e. The van der Waals surface area contributed by atoms with E-state index >= 15 is 0 Å². The molecule has 160 valence electrons. The molecular weight excluding hydrogens is 390 g/mol. The summed E-state index contributed by atoms with van der Waals surface area (Å²) in [4.78, 5) is 16.3. The van der Waals surface area contributed by atoms with Crippen molar-refractivity contribution in [1.82, 2.24) is 10.2 Å². The second-order valence-electron chi connectivity index (χ2n) is 8.38.